The van der Waals surface area contributed by atoms with E-state index in [1.165, 1.54) is 11.1 Å². The molecule has 2 N–H and O–H groups in total. The maximum atomic E-state index is 6.05. The number of nitrogens with zero attached hydrogens (tertiary/aromatic N) is 2. The van der Waals surface area contributed by atoms with E-state index in [2.05, 4.69) is 44.9 Å². The molecule has 29 heavy (non-hydrogen) atoms. The largest absolute Gasteiger partial charge is 0.454 e. The van der Waals surface area contributed by atoms with E-state index in [0.29, 0.717) is 18.8 Å². The van der Waals surface area contributed by atoms with Crippen LogP contribution in [0.25, 0.3) is 0 Å². The number of ether oxygens (including phenoxy) is 2. The van der Waals surface area contributed by atoms with E-state index in [1.807, 2.05) is 18.2 Å². The molecule has 0 aliphatic carbocycles. The minimum atomic E-state index is 0.332. The first kappa shape index (κ1) is 19.2. The molecule has 7 heteroatoms. The minimum Gasteiger partial charge on any atom is -0.454 e. The fourth-order valence-corrected chi connectivity index (χ4v) is 4.62. The van der Waals surface area contributed by atoms with Gasteiger partial charge in [-0.25, -0.2) is 5.43 Å². The number of hydrogen-bond acceptors (Lipinski definition) is 6. The van der Waals surface area contributed by atoms with Gasteiger partial charge in [0.05, 0.1) is 6.04 Å². The molecule has 3 aliphatic heterocycles. The average Bonchev–Trinajstić information content (AvgIpc) is 3.39. The van der Waals surface area contributed by atoms with Crippen LogP contribution in [0.5, 0.6) is 11.5 Å². The van der Waals surface area contributed by atoms with Crippen LogP contribution >= 0.6 is 11.6 Å². The molecule has 2 unspecified atom stereocenters. The highest BCUT2D eigenvalue weighted by Gasteiger charge is 2.30. The number of piperazine rings is 1. The SMILES string of the molecule is Clc1ccc(C2NNCC2CN2CCN(Cc3ccc4c(c3)OCO4)CC2)cc1. The molecule has 2 aromatic carbocycles. The summed E-state index contributed by atoms with van der Waals surface area (Å²) in [6.07, 6.45) is 0. The Morgan fingerprint density at radius 3 is 2.52 bits per heavy atom. The monoisotopic (exact) mass is 414 g/mol. The molecule has 6 nitrogen and oxygen atoms in total. The third kappa shape index (κ3) is 4.37. The Balaban J connectivity index is 1.13. The molecule has 0 spiro atoms. The van der Waals surface area contributed by atoms with Crippen molar-refractivity contribution in [1.29, 1.82) is 0 Å². The number of hydrazine groups is 1. The Bertz CT molecular complexity index is 839. The van der Waals surface area contributed by atoms with Gasteiger partial charge in [0.1, 0.15) is 0 Å². The van der Waals surface area contributed by atoms with E-state index in [-0.39, 0.29) is 0 Å². The van der Waals surface area contributed by atoms with Crippen LogP contribution in [-0.2, 0) is 6.54 Å². The van der Waals surface area contributed by atoms with Gasteiger partial charge in [0.2, 0.25) is 6.79 Å². The normalized spacial score (nSPS) is 24.9. The summed E-state index contributed by atoms with van der Waals surface area (Å²) >= 11 is 6.05. The quantitative estimate of drug-likeness (QED) is 0.784. The second-order valence-corrected chi connectivity index (χ2v) is 8.52. The third-order valence-electron chi connectivity index (χ3n) is 6.12. The van der Waals surface area contributed by atoms with Crippen molar-refractivity contribution in [2.24, 2.45) is 5.92 Å². The lowest BCUT2D eigenvalue weighted by Crippen LogP contribution is -2.48. The van der Waals surface area contributed by atoms with E-state index in [0.717, 1.165) is 62.3 Å². The van der Waals surface area contributed by atoms with E-state index in [9.17, 15) is 0 Å². The van der Waals surface area contributed by atoms with Crippen molar-refractivity contribution >= 4 is 11.6 Å². The van der Waals surface area contributed by atoms with Gasteiger partial charge in [0.25, 0.3) is 0 Å². The van der Waals surface area contributed by atoms with Gasteiger partial charge in [-0.2, -0.15) is 0 Å². The highest BCUT2D eigenvalue weighted by atomic mass is 35.5. The number of benzene rings is 2. The van der Waals surface area contributed by atoms with Gasteiger partial charge in [0, 0.05) is 56.8 Å². The van der Waals surface area contributed by atoms with Gasteiger partial charge in [-0.15, -0.1) is 0 Å². The molecule has 5 rings (SSSR count). The van der Waals surface area contributed by atoms with Crippen molar-refractivity contribution in [3.63, 3.8) is 0 Å². The standard InChI is InChI=1S/C22H27ClN4O2/c23-19-4-2-17(3-5-19)22-18(12-24-25-22)14-27-9-7-26(8-10-27)13-16-1-6-20-21(11-16)29-15-28-20/h1-6,11,18,22,24-25H,7-10,12-15H2. The molecule has 3 aliphatic rings. The maximum absolute atomic E-state index is 6.05. The second-order valence-electron chi connectivity index (χ2n) is 8.08. The van der Waals surface area contributed by atoms with Gasteiger partial charge >= 0.3 is 0 Å². The summed E-state index contributed by atoms with van der Waals surface area (Å²) < 4.78 is 10.9. The van der Waals surface area contributed by atoms with E-state index >= 15 is 0 Å². The van der Waals surface area contributed by atoms with Gasteiger partial charge < -0.3 is 14.4 Å². The Kier molecular flexibility index (Phi) is 5.61. The summed E-state index contributed by atoms with van der Waals surface area (Å²) in [6.45, 7) is 7.78. The van der Waals surface area contributed by atoms with Gasteiger partial charge in [-0.3, -0.25) is 10.3 Å². The molecule has 2 atom stereocenters. The summed E-state index contributed by atoms with van der Waals surface area (Å²) in [5, 5.41) is 0.787. The lowest BCUT2D eigenvalue weighted by molar-refractivity contribution is 0.112. The molecule has 0 radical (unpaired) electrons. The molecule has 2 aromatic rings. The van der Waals surface area contributed by atoms with Crippen LogP contribution in [0.15, 0.2) is 42.5 Å². The molecule has 0 bridgehead atoms. The van der Waals surface area contributed by atoms with Gasteiger partial charge in [0.15, 0.2) is 11.5 Å². The predicted molar refractivity (Wildman–Crippen MR) is 113 cm³/mol. The molecular weight excluding hydrogens is 388 g/mol. The van der Waals surface area contributed by atoms with Gasteiger partial charge in [-0.1, -0.05) is 29.8 Å². The van der Waals surface area contributed by atoms with Crippen molar-refractivity contribution in [3.05, 3.63) is 58.6 Å². The Morgan fingerprint density at radius 1 is 0.931 bits per heavy atom. The molecule has 2 fully saturated rings. The van der Waals surface area contributed by atoms with E-state index < -0.39 is 0 Å². The topological polar surface area (TPSA) is 49.0 Å². The summed E-state index contributed by atoms with van der Waals surface area (Å²) in [5.41, 5.74) is 9.37. The smallest absolute Gasteiger partial charge is 0.231 e. The summed E-state index contributed by atoms with van der Waals surface area (Å²) in [5.74, 6) is 2.28. The molecule has 0 aromatic heterocycles. The zero-order valence-electron chi connectivity index (χ0n) is 16.4. The second kappa shape index (κ2) is 8.50. The summed E-state index contributed by atoms with van der Waals surface area (Å²) in [4.78, 5) is 5.12. The number of fused-ring (bicyclic) bond motifs is 1. The molecule has 0 saturated carbocycles. The van der Waals surface area contributed by atoms with Crippen LogP contribution in [-0.4, -0.2) is 55.9 Å². The van der Waals surface area contributed by atoms with E-state index in [4.69, 9.17) is 21.1 Å². The fourth-order valence-electron chi connectivity index (χ4n) is 4.49. The number of rotatable bonds is 5. The zero-order chi connectivity index (χ0) is 19.6. The van der Waals surface area contributed by atoms with Crippen molar-refractivity contribution in [2.45, 2.75) is 12.6 Å². The van der Waals surface area contributed by atoms with Crippen molar-refractivity contribution in [2.75, 3.05) is 46.1 Å². The molecule has 3 heterocycles. The predicted octanol–water partition coefficient (Wildman–Crippen LogP) is 2.65. The number of nitrogens with one attached hydrogen (secondary N) is 2. The van der Waals surface area contributed by atoms with Crippen molar-refractivity contribution in [3.8, 4) is 11.5 Å². The Morgan fingerprint density at radius 2 is 1.69 bits per heavy atom. The first-order valence-electron chi connectivity index (χ1n) is 10.3. The Hall–Kier alpha value is -1.83. The molecule has 0 amide bonds. The summed E-state index contributed by atoms with van der Waals surface area (Å²) in [6, 6.07) is 14.8. The first-order chi connectivity index (χ1) is 14.2. The lowest BCUT2D eigenvalue weighted by atomic mass is 9.94. The van der Waals surface area contributed by atoms with E-state index in [1.54, 1.807) is 0 Å². The zero-order valence-corrected chi connectivity index (χ0v) is 17.2. The Labute approximate surface area is 176 Å². The molecule has 2 saturated heterocycles. The van der Waals surface area contributed by atoms with Crippen molar-refractivity contribution < 1.29 is 9.47 Å². The minimum absolute atomic E-state index is 0.332. The van der Waals surface area contributed by atoms with Crippen molar-refractivity contribution in [1.82, 2.24) is 20.7 Å². The first-order valence-corrected chi connectivity index (χ1v) is 10.7. The average molecular weight is 415 g/mol. The highest BCUT2D eigenvalue weighted by molar-refractivity contribution is 6.30. The van der Waals surface area contributed by atoms with Crippen LogP contribution in [0.1, 0.15) is 17.2 Å². The molecular formula is C22H27ClN4O2. The number of hydrogen-bond donors (Lipinski definition) is 2. The maximum Gasteiger partial charge on any atom is 0.231 e. The fraction of sp³-hybridized carbons (Fsp3) is 0.455. The highest BCUT2D eigenvalue weighted by Crippen LogP contribution is 2.33. The van der Waals surface area contributed by atoms with Crippen LogP contribution in [0, 0.1) is 5.92 Å². The summed E-state index contributed by atoms with van der Waals surface area (Å²) in [7, 11) is 0. The van der Waals surface area contributed by atoms with Crippen LogP contribution in [0.2, 0.25) is 5.02 Å². The molecule has 154 valence electrons. The third-order valence-corrected chi connectivity index (χ3v) is 6.38. The number of halogens is 1. The lowest BCUT2D eigenvalue weighted by Gasteiger charge is -2.36. The van der Waals surface area contributed by atoms with Crippen LogP contribution in [0.3, 0.4) is 0 Å². The van der Waals surface area contributed by atoms with Crippen LogP contribution in [0.4, 0.5) is 0 Å². The van der Waals surface area contributed by atoms with Crippen LogP contribution < -0.4 is 20.3 Å². The van der Waals surface area contributed by atoms with Gasteiger partial charge in [-0.05, 0) is 35.4 Å².